The third-order valence-electron chi connectivity index (χ3n) is 6.33. The second kappa shape index (κ2) is 19.1. The number of rotatable bonds is 19. The van der Waals surface area contributed by atoms with Crippen LogP contribution >= 0.6 is 15.9 Å². The van der Waals surface area contributed by atoms with Crippen molar-refractivity contribution in [3.8, 4) is 5.75 Å². The number of ether oxygens (including phenoxy) is 4. The van der Waals surface area contributed by atoms with E-state index in [4.69, 9.17) is 23.4 Å². The van der Waals surface area contributed by atoms with E-state index in [-0.39, 0.29) is 44.0 Å². The van der Waals surface area contributed by atoms with Crippen molar-refractivity contribution < 1.29 is 42.9 Å². The summed E-state index contributed by atoms with van der Waals surface area (Å²) in [5, 5.41) is 10.3. The van der Waals surface area contributed by atoms with E-state index in [1.165, 1.54) is 18.2 Å². The van der Waals surface area contributed by atoms with Crippen molar-refractivity contribution in [3.05, 3.63) is 38.7 Å². The molecule has 0 saturated heterocycles. The molecule has 2 rings (SSSR count). The molecule has 0 saturated carbocycles. The fourth-order valence-electron chi connectivity index (χ4n) is 4.06. The second-order valence-electron chi connectivity index (χ2n) is 9.86. The monoisotopic (exact) mass is 640 g/mol. The van der Waals surface area contributed by atoms with E-state index in [0.717, 1.165) is 51.4 Å². The summed E-state index contributed by atoms with van der Waals surface area (Å²) in [6.45, 7) is 3.30. The third-order valence-corrected chi connectivity index (χ3v) is 6.96. The number of benzene rings is 1. The van der Waals surface area contributed by atoms with Crippen LogP contribution in [0.4, 0.5) is 4.79 Å². The molecule has 1 atom stereocenters. The molecule has 2 aromatic rings. The van der Waals surface area contributed by atoms with E-state index in [9.17, 15) is 24.3 Å². The molecule has 0 aliphatic carbocycles. The smallest absolute Gasteiger partial charge is 0.507 e. The average molecular weight is 642 g/mol. The molecule has 0 amide bonds. The van der Waals surface area contributed by atoms with Crippen molar-refractivity contribution in [2.75, 3.05) is 13.2 Å². The molecular weight excluding hydrogens is 600 g/mol. The Hall–Kier alpha value is -3.08. The Balaban J connectivity index is 1.91. The number of fused-ring (bicyclic) bond motifs is 1. The highest BCUT2D eigenvalue weighted by atomic mass is 79.9. The van der Waals surface area contributed by atoms with Crippen LogP contribution in [0.15, 0.2) is 31.9 Å². The summed E-state index contributed by atoms with van der Waals surface area (Å²) in [4.78, 5) is 48.8. The van der Waals surface area contributed by atoms with Gasteiger partial charge in [0.25, 0.3) is 0 Å². The zero-order chi connectivity index (χ0) is 30.0. The standard InChI is InChI=1S/C30H41BrO10/c1-3-5-7-9-11-13-27(33)37-19-22(40-28(34)14-12-10-8-6-4-2)20-39-30(36)38-18-21-15-29(35)41-26-17-25(32)24(31)16-23(21)26/h15-17,22,32H,3-14,18-20H2,1-2H3/t22-/m1/s1. The van der Waals surface area contributed by atoms with Crippen LogP contribution in [-0.2, 0) is 35.1 Å². The van der Waals surface area contributed by atoms with Crippen LogP contribution in [0, 0.1) is 0 Å². The van der Waals surface area contributed by atoms with Crippen molar-refractivity contribution in [2.45, 2.75) is 104 Å². The molecule has 228 valence electrons. The Bertz CT molecular complexity index is 1180. The van der Waals surface area contributed by atoms with Gasteiger partial charge in [-0.05, 0) is 34.8 Å². The van der Waals surface area contributed by atoms with Crippen molar-refractivity contribution in [2.24, 2.45) is 0 Å². The molecule has 10 nitrogen and oxygen atoms in total. The van der Waals surface area contributed by atoms with Gasteiger partial charge in [-0.1, -0.05) is 65.2 Å². The molecule has 0 spiro atoms. The summed E-state index contributed by atoms with van der Waals surface area (Å²) in [6.07, 6.45) is 8.18. The molecule has 0 fully saturated rings. The van der Waals surface area contributed by atoms with Crippen LogP contribution in [-0.4, -0.2) is 42.5 Å². The summed E-state index contributed by atoms with van der Waals surface area (Å²) in [5.74, 6) is -0.982. The van der Waals surface area contributed by atoms with E-state index in [1.54, 1.807) is 0 Å². The van der Waals surface area contributed by atoms with Crippen LogP contribution in [0.25, 0.3) is 11.0 Å². The predicted octanol–water partition coefficient (Wildman–Crippen LogP) is 7.09. The van der Waals surface area contributed by atoms with Crippen molar-refractivity contribution in [1.82, 2.24) is 0 Å². The molecule has 1 N–H and O–H groups in total. The largest absolute Gasteiger partial charge is 0.508 e. The number of aromatic hydroxyl groups is 1. The summed E-state index contributed by atoms with van der Waals surface area (Å²) in [7, 11) is 0. The summed E-state index contributed by atoms with van der Waals surface area (Å²) >= 11 is 3.20. The molecule has 41 heavy (non-hydrogen) atoms. The van der Waals surface area contributed by atoms with Crippen molar-refractivity contribution >= 4 is 45.0 Å². The maximum absolute atomic E-state index is 12.4. The van der Waals surface area contributed by atoms with E-state index in [2.05, 4.69) is 29.8 Å². The van der Waals surface area contributed by atoms with Crippen LogP contribution in [0.1, 0.15) is 96.5 Å². The summed E-state index contributed by atoms with van der Waals surface area (Å²) < 4.78 is 26.5. The van der Waals surface area contributed by atoms with Gasteiger partial charge >= 0.3 is 23.7 Å². The van der Waals surface area contributed by atoms with Gasteiger partial charge in [0.2, 0.25) is 0 Å². The zero-order valence-electron chi connectivity index (χ0n) is 23.9. The highest BCUT2D eigenvalue weighted by molar-refractivity contribution is 9.10. The number of hydrogen-bond acceptors (Lipinski definition) is 10. The predicted molar refractivity (Wildman–Crippen MR) is 156 cm³/mol. The summed E-state index contributed by atoms with van der Waals surface area (Å²) in [6, 6.07) is 3.98. The van der Waals surface area contributed by atoms with Crippen molar-refractivity contribution in [1.29, 1.82) is 0 Å². The van der Waals surface area contributed by atoms with Gasteiger partial charge < -0.3 is 28.5 Å². The van der Waals surface area contributed by atoms with E-state index in [1.807, 2.05) is 0 Å². The van der Waals surface area contributed by atoms with Crippen LogP contribution in [0.5, 0.6) is 5.75 Å². The number of halogens is 1. The van der Waals surface area contributed by atoms with E-state index < -0.39 is 29.8 Å². The van der Waals surface area contributed by atoms with Crippen LogP contribution in [0.2, 0.25) is 0 Å². The number of phenolic OH excluding ortho intramolecular Hbond substituents is 1. The molecule has 0 unspecified atom stereocenters. The molecule has 1 aromatic heterocycles. The van der Waals surface area contributed by atoms with Crippen molar-refractivity contribution in [3.63, 3.8) is 0 Å². The quantitative estimate of drug-likeness (QED) is 0.0732. The highest BCUT2D eigenvalue weighted by Crippen LogP contribution is 2.30. The van der Waals surface area contributed by atoms with Crippen LogP contribution < -0.4 is 5.63 Å². The van der Waals surface area contributed by atoms with E-state index >= 15 is 0 Å². The minimum atomic E-state index is -1.06. The molecular formula is C30H41BrO10. The fraction of sp³-hybridized carbons (Fsp3) is 0.600. The minimum Gasteiger partial charge on any atom is -0.507 e. The van der Waals surface area contributed by atoms with Gasteiger partial charge in [-0.2, -0.15) is 0 Å². The Labute approximate surface area is 248 Å². The Morgan fingerprint density at radius 2 is 1.44 bits per heavy atom. The first kappa shape index (κ1) is 34.1. The van der Waals surface area contributed by atoms with Gasteiger partial charge in [0.1, 0.15) is 31.2 Å². The van der Waals surface area contributed by atoms with Gasteiger partial charge in [-0.25, -0.2) is 9.59 Å². The Kier molecular flexibility index (Phi) is 15.9. The fourth-order valence-corrected chi connectivity index (χ4v) is 4.40. The lowest BCUT2D eigenvalue weighted by atomic mass is 10.1. The lowest BCUT2D eigenvalue weighted by Gasteiger charge is -2.18. The number of esters is 2. The second-order valence-corrected chi connectivity index (χ2v) is 10.7. The first-order valence-corrected chi connectivity index (χ1v) is 15.1. The average Bonchev–Trinajstić information content (AvgIpc) is 2.93. The third kappa shape index (κ3) is 13.4. The Morgan fingerprint density at radius 1 is 0.829 bits per heavy atom. The molecule has 1 heterocycles. The van der Waals surface area contributed by atoms with E-state index in [0.29, 0.717) is 28.3 Å². The molecule has 0 aliphatic rings. The minimum absolute atomic E-state index is 0.114. The SMILES string of the molecule is CCCCCCCC(=O)OC[C@H](COC(=O)OCc1cc(=O)oc2cc(O)c(Br)cc12)OC(=O)CCCCCCC. The number of unbranched alkanes of at least 4 members (excludes halogenated alkanes) is 8. The molecule has 1 aromatic carbocycles. The van der Waals surface area contributed by atoms with Gasteiger partial charge in [-0.15, -0.1) is 0 Å². The maximum Gasteiger partial charge on any atom is 0.508 e. The van der Waals surface area contributed by atoms with Gasteiger partial charge in [-0.3, -0.25) is 9.59 Å². The number of carbonyl (C=O) groups excluding carboxylic acids is 3. The molecule has 0 bridgehead atoms. The number of hydrogen-bond donors (Lipinski definition) is 1. The van der Waals surface area contributed by atoms with Gasteiger partial charge in [0.15, 0.2) is 6.10 Å². The van der Waals surface area contributed by atoms with Gasteiger partial charge in [0.05, 0.1) is 4.47 Å². The number of carbonyl (C=O) groups is 3. The maximum atomic E-state index is 12.4. The highest BCUT2D eigenvalue weighted by Gasteiger charge is 2.20. The van der Waals surface area contributed by atoms with Gasteiger partial charge in [0, 0.05) is 35.9 Å². The lowest BCUT2D eigenvalue weighted by Crippen LogP contribution is -2.31. The summed E-state index contributed by atoms with van der Waals surface area (Å²) in [5.41, 5.74) is -0.216. The van der Waals surface area contributed by atoms with Crippen LogP contribution in [0.3, 0.4) is 0 Å². The number of phenols is 1. The normalized spacial score (nSPS) is 11.7. The molecule has 0 radical (unpaired) electrons. The first-order chi connectivity index (χ1) is 19.7. The lowest BCUT2D eigenvalue weighted by molar-refractivity contribution is -0.162. The molecule has 11 heteroatoms. The molecule has 0 aliphatic heterocycles. The topological polar surface area (TPSA) is 139 Å². The zero-order valence-corrected chi connectivity index (χ0v) is 25.5. The Morgan fingerprint density at radius 3 is 2.10 bits per heavy atom. The first-order valence-electron chi connectivity index (χ1n) is 14.3.